The fourth-order valence-corrected chi connectivity index (χ4v) is 1.97. The van der Waals surface area contributed by atoms with Gasteiger partial charge < -0.3 is 5.32 Å². The number of hydrogen-bond donors (Lipinski definition) is 1. The summed E-state index contributed by atoms with van der Waals surface area (Å²) in [5.41, 5.74) is 0.767. The van der Waals surface area contributed by atoms with Gasteiger partial charge >= 0.3 is 5.69 Å². The number of hydrogen-bond acceptors (Lipinski definition) is 3. The zero-order chi connectivity index (χ0) is 15.6. The van der Waals surface area contributed by atoms with E-state index in [2.05, 4.69) is 21.2 Å². The number of carbonyl (C=O) groups excluding carboxylic acids is 1. The van der Waals surface area contributed by atoms with E-state index in [-0.39, 0.29) is 5.56 Å². The van der Waals surface area contributed by atoms with Gasteiger partial charge in [-0.15, -0.1) is 0 Å². The molecule has 1 amide bonds. The van der Waals surface area contributed by atoms with E-state index in [1.807, 2.05) is 6.92 Å². The summed E-state index contributed by atoms with van der Waals surface area (Å²) in [5.74, 6) is -1.52. The van der Waals surface area contributed by atoms with E-state index < -0.39 is 22.3 Å². The van der Waals surface area contributed by atoms with Gasteiger partial charge in [-0.05, 0) is 42.8 Å². The van der Waals surface area contributed by atoms with Crippen LogP contribution in [-0.4, -0.2) is 10.8 Å². The first-order valence-electron chi connectivity index (χ1n) is 5.90. The van der Waals surface area contributed by atoms with Crippen molar-refractivity contribution >= 4 is 33.2 Å². The number of amides is 1. The second-order valence-corrected chi connectivity index (χ2v) is 5.20. The Labute approximate surface area is 128 Å². The van der Waals surface area contributed by atoms with Crippen molar-refractivity contribution in [2.45, 2.75) is 6.92 Å². The van der Waals surface area contributed by atoms with Crippen LogP contribution in [0.3, 0.4) is 0 Å². The standard InChI is InChI=1S/C14H10BrFN2O3/c1-8-6-10(3-4-11(8)15)17-14(19)9-2-5-12(16)13(7-9)18(20)21/h2-7H,1H3,(H,17,19). The minimum atomic E-state index is -0.976. The Bertz CT molecular complexity index is 734. The van der Waals surface area contributed by atoms with Crippen molar-refractivity contribution in [1.82, 2.24) is 0 Å². The molecule has 21 heavy (non-hydrogen) atoms. The van der Waals surface area contributed by atoms with Crippen LogP contribution >= 0.6 is 15.9 Å². The molecule has 0 aromatic heterocycles. The smallest absolute Gasteiger partial charge is 0.305 e. The maximum Gasteiger partial charge on any atom is 0.305 e. The minimum Gasteiger partial charge on any atom is -0.322 e. The zero-order valence-electron chi connectivity index (χ0n) is 10.9. The number of rotatable bonds is 3. The van der Waals surface area contributed by atoms with Crippen molar-refractivity contribution in [3.8, 4) is 0 Å². The summed E-state index contributed by atoms with van der Waals surface area (Å²) in [6.45, 7) is 1.86. The van der Waals surface area contributed by atoms with Gasteiger partial charge in [0.05, 0.1) is 4.92 Å². The molecule has 1 N–H and O–H groups in total. The van der Waals surface area contributed by atoms with Crippen LogP contribution in [0.1, 0.15) is 15.9 Å². The predicted octanol–water partition coefficient (Wildman–Crippen LogP) is 4.06. The topological polar surface area (TPSA) is 72.2 Å². The number of carbonyl (C=O) groups is 1. The summed E-state index contributed by atoms with van der Waals surface area (Å²) in [4.78, 5) is 21.8. The van der Waals surface area contributed by atoms with Crippen molar-refractivity contribution in [2.24, 2.45) is 0 Å². The summed E-state index contributed by atoms with van der Waals surface area (Å²) in [5, 5.41) is 13.3. The molecule has 0 spiro atoms. The Balaban J connectivity index is 2.26. The third kappa shape index (κ3) is 3.43. The first-order chi connectivity index (χ1) is 9.88. The highest BCUT2D eigenvalue weighted by molar-refractivity contribution is 9.10. The number of nitro groups is 1. The molecule has 0 unspecified atom stereocenters. The molecule has 2 aromatic rings. The van der Waals surface area contributed by atoms with Crippen LogP contribution in [0, 0.1) is 22.9 Å². The van der Waals surface area contributed by atoms with Gasteiger partial charge in [-0.25, -0.2) is 0 Å². The normalized spacial score (nSPS) is 10.2. The minimum absolute atomic E-state index is 0.0173. The van der Waals surface area contributed by atoms with Crippen molar-refractivity contribution in [3.63, 3.8) is 0 Å². The molecule has 0 aliphatic carbocycles. The maximum atomic E-state index is 13.2. The molecule has 0 saturated carbocycles. The Morgan fingerprint density at radius 3 is 2.62 bits per heavy atom. The molecule has 0 saturated heterocycles. The largest absolute Gasteiger partial charge is 0.322 e. The molecule has 0 fully saturated rings. The van der Waals surface area contributed by atoms with Crippen LogP contribution in [0.2, 0.25) is 0 Å². The van der Waals surface area contributed by atoms with Gasteiger partial charge in [0, 0.05) is 21.8 Å². The lowest BCUT2D eigenvalue weighted by molar-refractivity contribution is -0.387. The number of halogens is 2. The number of aryl methyl sites for hydroxylation is 1. The second kappa shape index (κ2) is 6.01. The molecule has 0 aliphatic heterocycles. The van der Waals surface area contributed by atoms with Crippen LogP contribution in [0.15, 0.2) is 40.9 Å². The third-order valence-corrected chi connectivity index (χ3v) is 3.71. The molecule has 0 radical (unpaired) electrons. The highest BCUT2D eigenvalue weighted by Gasteiger charge is 2.17. The van der Waals surface area contributed by atoms with Crippen LogP contribution in [0.5, 0.6) is 0 Å². The van der Waals surface area contributed by atoms with Gasteiger partial charge in [0.1, 0.15) is 0 Å². The predicted molar refractivity (Wildman–Crippen MR) is 79.9 cm³/mol. The summed E-state index contributed by atoms with van der Waals surface area (Å²) in [6.07, 6.45) is 0. The Hall–Kier alpha value is -2.28. The van der Waals surface area contributed by atoms with Gasteiger partial charge in [-0.2, -0.15) is 4.39 Å². The lowest BCUT2D eigenvalue weighted by Crippen LogP contribution is -2.12. The second-order valence-electron chi connectivity index (χ2n) is 4.34. The molecule has 108 valence electrons. The van der Waals surface area contributed by atoms with E-state index in [0.29, 0.717) is 5.69 Å². The van der Waals surface area contributed by atoms with Crippen LogP contribution in [0.4, 0.5) is 15.8 Å². The van der Waals surface area contributed by atoms with Crippen LogP contribution in [-0.2, 0) is 0 Å². The van der Waals surface area contributed by atoms with E-state index >= 15 is 0 Å². The van der Waals surface area contributed by atoms with E-state index in [1.54, 1.807) is 18.2 Å². The van der Waals surface area contributed by atoms with E-state index in [9.17, 15) is 19.3 Å². The van der Waals surface area contributed by atoms with Gasteiger partial charge in [0.25, 0.3) is 5.91 Å². The third-order valence-electron chi connectivity index (χ3n) is 2.82. The van der Waals surface area contributed by atoms with E-state index in [1.165, 1.54) is 6.07 Å². The molecule has 5 nitrogen and oxygen atoms in total. The van der Waals surface area contributed by atoms with E-state index in [4.69, 9.17) is 0 Å². The van der Waals surface area contributed by atoms with Crippen molar-refractivity contribution in [2.75, 3.05) is 5.32 Å². The Kier molecular flexibility index (Phi) is 4.32. The quantitative estimate of drug-likeness (QED) is 0.668. The number of nitro benzene ring substituents is 1. The number of nitrogens with zero attached hydrogens (tertiary/aromatic N) is 1. The molecular weight excluding hydrogens is 343 g/mol. The monoisotopic (exact) mass is 352 g/mol. The summed E-state index contributed by atoms with van der Waals surface area (Å²) >= 11 is 3.34. The van der Waals surface area contributed by atoms with Crippen LogP contribution < -0.4 is 5.32 Å². The highest BCUT2D eigenvalue weighted by Crippen LogP contribution is 2.22. The summed E-state index contributed by atoms with van der Waals surface area (Å²) in [6, 6.07) is 8.23. The maximum absolute atomic E-state index is 13.2. The molecule has 0 heterocycles. The molecule has 2 rings (SSSR count). The molecule has 0 bridgehead atoms. The lowest BCUT2D eigenvalue weighted by atomic mass is 10.1. The average Bonchev–Trinajstić information content (AvgIpc) is 2.43. The number of anilines is 1. The SMILES string of the molecule is Cc1cc(NC(=O)c2ccc(F)c([N+](=O)[O-])c2)ccc1Br. The highest BCUT2D eigenvalue weighted by atomic mass is 79.9. The molecule has 2 aromatic carbocycles. The first kappa shape index (κ1) is 15.1. The molecule has 0 aliphatic rings. The van der Waals surface area contributed by atoms with Crippen LogP contribution in [0.25, 0.3) is 0 Å². The van der Waals surface area contributed by atoms with Gasteiger partial charge in [0.2, 0.25) is 5.82 Å². The van der Waals surface area contributed by atoms with Crippen molar-refractivity contribution in [3.05, 3.63) is 67.9 Å². The fraction of sp³-hybridized carbons (Fsp3) is 0.0714. The van der Waals surface area contributed by atoms with Crippen molar-refractivity contribution < 1.29 is 14.1 Å². The summed E-state index contributed by atoms with van der Waals surface area (Å²) in [7, 11) is 0. The first-order valence-corrected chi connectivity index (χ1v) is 6.69. The Morgan fingerprint density at radius 1 is 1.29 bits per heavy atom. The Morgan fingerprint density at radius 2 is 2.00 bits per heavy atom. The van der Waals surface area contributed by atoms with Gasteiger partial charge in [-0.3, -0.25) is 14.9 Å². The lowest BCUT2D eigenvalue weighted by Gasteiger charge is -2.07. The van der Waals surface area contributed by atoms with E-state index in [0.717, 1.165) is 22.2 Å². The molecule has 0 atom stereocenters. The number of benzene rings is 2. The summed E-state index contributed by atoms with van der Waals surface area (Å²) < 4.78 is 14.1. The molecular formula is C14H10BrFN2O3. The zero-order valence-corrected chi connectivity index (χ0v) is 12.5. The fourth-order valence-electron chi connectivity index (χ4n) is 1.72. The molecule has 7 heteroatoms. The average molecular weight is 353 g/mol. The number of nitrogens with one attached hydrogen (secondary N) is 1. The van der Waals surface area contributed by atoms with Gasteiger partial charge in [-0.1, -0.05) is 15.9 Å². The van der Waals surface area contributed by atoms with Gasteiger partial charge in [0.15, 0.2) is 0 Å². The van der Waals surface area contributed by atoms with Crippen molar-refractivity contribution in [1.29, 1.82) is 0 Å².